The number of halogens is 2. The van der Waals surface area contributed by atoms with Crippen molar-refractivity contribution >= 4 is 46.5 Å². The number of nitrogens with zero attached hydrogens (tertiary/aromatic N) is 3. The molecule has 31 heavy (non-hydrogen) atoms. The number of nitrogens with two attached hydrogens (primary N) is 1. The molecule has 0 spiro atoms. The van der Waals surface area contributed by atoms with E-state index < -0.39 is 10.9 Å². The van der Waals surface area contributed by atoms with Gasteiger partial charge in [0.05, 0.1) is 10.5 Å². The summed E-state index contributed by atoms with van der Waals surface area (Å²) >= 11 is 12.2. The lowest BCUT2D eigenvalue weighted by atomic mass is 10.0. The molecular weight excluding hydrogens is 445 g/mol. The van der Waals surface area contributed by atoms with Crippen molar-refractivity contribution in [3.63, 3.8) is 0 Å². The fourth-order valence-electron chi connectivity index (χ4n) is 3.09. The van der Waals surface area contributed by atoms with Crippen LogP contribution in [0.4, 0.5) is 17.3 Å². The number of hydrogen-bond donors (Lipinski definition) is 3. The van der Waals surface area contributed by atoms with Gasteiger partial charge in [0, 0.05) is 52.7 Å². The van der Waals surface area contributed by atoms with Gasteiger partial charge >= 0.3 is 11.7 Å². The molecule has 11 heteroatoms. The van der Waals surface area contributed by atoms with Crippen molar-refractivity contribution in [1.82, 2.24) is 9.55 Å². The zero-order chi connectivity index (χ0) is 22.5. The van der Waals surface area contributed by atoms with Crippen molar-refractivity contribution < 1.29 is 14.8 Å². The summed E-state index contributed by atoms with van der Waals surface area (Å²) in [7, 11) is 0. The number of nitro groups is 1. The Morgan fingerprint density at radius 2 is 1.97 bits per heavy atom. The van der Waals surface area contributed by atoms with E-state index in [4.69, 9.17) is 28.9 Å². The summed E-state index contributed by atoms with van der Waals surface area (Å²) in [4.78, 5) is 25.8. The molecule has 1 aromatic carbocycles. The molecule has 0 radical (unpaired) electrons. The maximum atomic E-state index is 11.7. The Balaban J connectivity index is 1.59. The Kier molecular flexibility index (Phi) is 6.98. The number of unbranched alkanes of at least 4 members (excludes halogenated alkanes) is 1. The van der Waals surface area contributed by atoms with Gasteiger partial charge in [0.1, 0.15) is 5.82 Å². The summed E-state index contributed by atoms with van der Waals surface area (Å²) in [6.07, 6.45) is 4.85. The molecule has 9 nitrogen and oxygen atoms in total. The van der Waals surface area contributed by atoms with E-state index in [0.29, 0.717) is 40.1 Å². The highest BCUT2D eigenvalue weighted by Gasteiger charge is 2.17. The van der Waals surface area contributed by atoms with Gasteiger partial charge in [-0.3, -0.25) is 10.1 Å². The van der Waals surface area contributed by atoms with E-state index in [1.165, 1.54) is 12.1 Å². The highest BCUT2D eigenvalue weighted by Crippen LogP contribution is 2.33. The summed E-state index contributed by atoms with van der Waals surface area (Å²) in [6, 6.07) is 7.75. The number of carboxylic acids is 1. The topological polar surface area (TPSA) is 136 Å². The maximum absolute atomic E-state index is 11.7. The van der Waals surface area contributed by atoms with E-state index in [9.17, 15) is 20.0 Å². The van der Waals surface area contributed by atoms with E-state index in [-0.39, 0.29) is 17.1 Å². The van der Waals surface area contributed by atoms with E-state index in [1.807, 2.05) is 4.57 Å². The number of carbonyl (C=O) groups is 1. The Morgan fingerprint density at radius 1 is 1.19 bits per heavy atom. The second kappa shape index (κ2) is 9.67. The molecule has 4 N–H and O–H groups in total. The summed E-state index contributed by atoms with van der Waals surface area (Å²) in [5, 5.41) is 24.2. The number of anilines is 2. The number of pyridine rings is 1. The molecule has 0 unspecified atom stereocenters. The van der Waals surface area contributed by atoms with Crippen LogP contribution in [-0.2, 0) is 6.54 Å². The zero-order valence-electron chi connectivity index (χ0n) is 16.2. The largest absolute Gasteiger partial charge is 0.478 e. The molecule has 0 saturated heterocycles. The Morgan fingerprint density at radius 3 is 2.61 bits per heavy atom. The molecule has 162 valence electrons. The Labute approximate surface area is 187 Å². The van der Waals surface area contributed by atoms with E-state index in [2.05, 4.69) is 10.3 Å². The van der Waals surface area contributed by atoms with Gasteiger partial charge in [0.25, 0.3) is 0 Å². The van der Waals surface area contributed by atoms with E-state index in [0.717, 1.165) is 12.8 Å². The third-order valence-corrected chi connectivity index (χ3v) is 5.13. The van der Waals surface area contributed by atoms with Crippen molar-refractivity contribution in [2.45, 2.75) is 19.4 Å². The number of aromatic nitrogens is 2. The highest BCUT2D eigenvalue weighted by atomic mass is 35.5. The summed E-state index contributed by atoms with van der Waals surface area (Å²) in [5.41, 5.74) is 6.63. The predicted octanol–water partition coefficient (Wildman–Crippen LogP) is 4.94. The monoisotopic (exact) mass is 463 g/mol. The molecular formula is C20H19Cl2N5O4. The van der Waals surface area contributed by atoms with Gasteiger partial charge < -0.3 is 20.7 Å². The number of carboxylic acid groups (broad SMARTS) is 1. The number of aromatic carboxylic acids is 1. The summed E-state index contributed by atoms with van der Waals surface area (Å²) in [6.45, 7) is 1.18. The highest BCUT2D eigenvalue weighted by molar-refractivity contribution is 6.36. The third kappa shape index (κ3) is 5.44. The smallest absolute Gasteiger partial charge is 0.337 e. The Hall–Kier alpha value is -3.30. The number of aryl methyl sites for hydroxylation is 1. The lowest BCUT2D eigenvalue weighted by Gasteiger charge is -2.07. The molecule has 0 atom stereocenters. The third-order valence-electron chi connectivity index (χ3n) is 4.58. The van der Waals surface area contributed by atoms with Crippen molar-refractivity contribution in [3.05, 3.63) is 68.4 Å². The molecule has 2 heterocycles. The first-order valence-electron chi connectivity index (χ1n) is 9.29. The fraction of sp³-hybridized carbons (Fsp3) is 0.200. The van der Waals surface area contributed by atoms with Gasteiger partial charge in [0.15, 0.2) is 0 Å². The zero-order valence-corrected chi connectivity index (χ0v) is 17.7. The standard InChI is InChI=1S/C20H19Cl2N5O4/c21-12-3-4-13(16(22)9-12)14-10-26(11-15(14)20(28)29)8-2-1-7-24-18-6-5-17(27(30)31)19(23)25-18/h3-6,9-11H,1-2,7-8H2,(H,28,29)(H3,23,24,25). The van der Waals surface area contributed by atoms with Crippen molar-refractivity contribution in [1.29, 1.82) is 0 Å². The number of rotatable bonds is 9. The Bertz CT molecular complexity index is 1130. The lowest BCUT2D eigenvalue weighted by Crippen LogP contribution is -2.07. The van der Waals surface area contributed by atoms with Gasteiger partial charge in [0.2, 0.25) is 5.82 Å². The number of hydrogen-bond acceptors (Lipinski definition) is 6. The second-order valence-corrected chi connectivity index (χ2v) is 7.59. The molecule has 0 bridgehead atoms. The van der Waals surface area contributed by atoms with Crippen molar-refractivity contribution in [2.24, 2.45) is 0 Å². The van der Waals surface area contributed by atoms with Crippen LogP contribution in [-0.4, -0.2) is 32.1 Å². The first-order valence-corrected chi connectivity index (χ1v) is 10.0. The van der Waals surface area contributed by atoms with Gasteiger partial charge in [-0.15, -0.1) is 0 Å². The molecule has 0 fully saturated rings. The van der Waals surface area contributed by atoms with Crippen LogP contribution in [0.5, 0.6) is 0 Å². The lowest BCUT2D eigenvalue weighted by molar-refractivity contribution is -0.384. The minimum atomic E-state index is -1.04. The minimum absolute atomic E-state index is 0.142. The van der Waals surface area contributed by atoms with Crippen LogP contribution in [0.2, 0.25) is 10.0 Å². The van der Waals surface area contributed by atoms with Crippen LogP contribution < -0.4 is 11.1 Å². The summed E-state index contributed by atoms with van der Waals surface area (Å²) < 4.78 is 1.81. The molecule has 0 aliphatic carbocycles. The first kappa shape index (κ1) is 22.4. The summed E-state index contributed by atoms with van der Waals surface area (Å²) in [5.74, 6) is -0.725. The van der Waals surface area contributed by atoms with Gasteiger partial charge in [-0.05, 0) is 31.0 Å². The van der Waals surface area contributed by atoms with Crippen molar-refractivity contribution in [2.75, 3.05) is 17.6 Å². The van der Waals surface area contributed by atoms with Crippen LogP contribution in [0.25, 0.3) is 11.1 Å². The molecule has 0 aliphatic rings. The number of nitrogen functional groups attached to an aromatic ring is 1. The first-order chi connectivity index (χ1) is 14.8. The van der Waals surface area contributed by atoms with Gasteiger partial charge in [-0.1, -0.05) is 29.3 Å². The number of benzene rings is 1. The van der Waals surface area contributed by atoms with E-state index in [1.54, 1.807) is 30.6 Å². The second-order valence-electron chi connectivity index (χ2n) is 6.74. The molecule has 0 aliphatic heterocycles. The maximum Gasteiger partial charge on any atom is 0.337 e. The molecule has 3 rings (SSSR count). The van der Waals surface area contributed by atoms with E-state index >= 15 is 0 Å². The van der Waals surface area contributed by atoms with Crippen LogP contribution in [0, 0.1) is 10.1 Å². The van der Waals surface area contributed by atoms with Gasteiger partial charge in [-0.25, -0.2) is 9.78 Å². The average Bonchev–Trinajstić information content (AvgIpc) is 3.11. The van der Waals surface area contributed by atoms with Crippen LogP contribution in [0.15, 0.2) is 42.7 Å². The van der Waals surface area contributed by atoms with Crippen LogP contribution in [0.1, 0.15) is 23.2 Å². The average molecular weight is 464 g/mol. The SMILES string of the molecule is Nc1nc(NCCCCn2cc(C(=O)O)c(-c3ccc(Cl)cc3Cl)c2)ccc1[N+](=O)[O-]. The molecule has 2 aromatic heterocycles. The minimum Gasteiger partial charge on any atom is -0.478 e. The van der Waals surface area contributed by atoms with Crippen LogP contribution in [0.3, 0.4) is 0 Å². The normalized spacial score (nSPS) is 10.8. The predicted molar refractivity (Wildman–Crippen MR) is 120 cm³/mol. The molecule has 3 aromatic rings. The fourth-order valence-corrected chi connectivity index (χ4v) is 3.60. The molecule has 0 saturated carbocycles. The van der Waals surface area contributed by atoms with Gasteiger partial charge in [-0.2, -0.15) is 0 Å². The van der Waals surface area contributed by atoms with Crippen LogP contribution >= 0.6 is 23.2 Å². The molecule has 0 amide bonds. The van der Waals surface area contributed by atoms with Crippen molar-refractivity contribution in [3.8, 4) is 11.1 Å². The quantitative estimate of drug-likeness (QED) is 0.232. The number of nitrogens with one attached hydrogen (secondary N) is 1.